The summed E-state index contributed by atoms with van der Waals surface area (Å²) in [6.07, 6.45) is 0. The predicted octanol–water partition coefficient (Wildman–Crippen LogP) is 3.80. The number of fused-ring (bicyclic) bond motifs is 1. The molecule has 28 heavy (non-hydrogen) atoms. The van der Waals surface area contributed by atoms with Crippen molar-refractivity contribution >= 4 is 17.6 Å². The van der Waals surface area contributed by atoms with Crippen LogP contribution >= 0.6 is 0 Å². The summed E-state index contributed by atoms with van der Waals surface area (Å²) in [5.41, 5.74) is 6.16. The van der Waals surface area contributed by atoms with Crippen LogP contribution in [0.1, 0.15) is 38.2 Å². The number of carbonyl (C=O) groups excluding carboxylic acids is 2. The van der Waals surface area contributed by atoms with Crippen LogP contribution in [0.3, 0.4) is 0 Å². The van der Waals surface area contributed by atoms with E-state index in [1.54, 1.807) is 18.2 Å². The molecule has 0 saturated heterocycles. The molecule has 0 saturated carbocycles. The molecule has 0 aromatic heterocycles. The van der Waals surface area contributed by atoms with Crippen LogP contribution in [-0.2, 0) is 9.53 Å². The Morgan fingerprint density at radius 2 is 1.46 bits per heavy atom. The van der Waals surface area contributed by atoms with Gasteiger partial charge in [0.1, 0.15) is 13.2 Å². The van der Waals surface area contributed by atoms with Gasteiger partial charge in [-0.1, -0.05) is 0 Å². The Balaban J connectivity index is 1.66. The van der Waals surface area contributed by atoms with Crippen LogP contribution in [-0.4, -0.2) is 31.7 Å². The Kier molecular flexibility index (Phi) is 5.58. The Hall–Kier alpha value is -3.02. The molecule has 0 atom stereocenters. The molecule has 1 aliphatic rings. The monoisotopic (exact) mass is 383 g/mol. The van der Waals surface area contributed by atoms with Gasteiger partial charge in [-0.3, -0.25) is 4.79 Å². The van der Waals surface area contributed by atoms with Crippen molar-refractivity contribution in [2.75, 3.05) is 25.1 Å². The highest BCUT2D eigenvalue weighted by molar-refractivity contribution is 5.97. The maximum Gasteiger partial charge on any atom is 0.339 e. The first-order chi connectivity index (χ1) is 13.3. The molecular formula is C22H25NO5. The fraction of sp³-hybridized carbons (Fsp3) is 0.364. The van der Waals surface area contributed by atoms with E-state index in [1.165, 1.54) is 5.56 Å². The number of ether oxygens (including phenoxy) is 3. The number of hydrogen-bond donors (Lipinski definition) is 1. The van der Waals surface area contributed by atoms with E-state index in [9.17, 15) is 9.59 Å². The minimum Gasteiger partial charge on any atom is -0.486 e. The maximum atomic E-state index is 12.6. The van der Waals surface area contributed by atoms with Gasteiger partial charge in [-0.15, -0.1) is 0 Å². The van der Waals surface area contributed by atoms with Gasteiger partial charge in [0.2, 0.25) is 0 Å². The second-order valence-corrected chi connectivity index (χ2v) is 6.98. The average molecular weight is 383 g/mol. The standard InChI is InChI=1S/C22H25NO5/c1-12-13(2)15(4)21(16(5)14(12)3)22(25)28-11-20(24)23-17-6-7-18-19(10-17)27-9-8-26-18/h6-7,10H,8-9,11H2,1-5H3,(H,23,24). The molecule has 1 heterocycles. The Morgan fingerprint density at radius 3 is 2.11 bits per heavy atom. The molecule has 1 N–H and O–H groups in total. The molecular weight excluding hydrogens is 358 g/mol. The summed E-state index contributed by atoms with van der Waals surface area (Å²) in [6.45, 7) is 10.4. The number of carbonyl (C=O) groups is 2. The molecule has 0 fully saturated rings. The summed E-state index contributed by atoms with van der Waals surface area (Å²) in [5.74, 6) is 0.323. The van der Waals surface area contributed by atoms with Crippen LogP contribution < -0.4 is 14.8 Å². The van der Waals surface area contributed by atoms with E-state index < -0.39 is 11.9 Å². The predicted molar refractivity (Wildman–Crippen MR) is 106 cm³/mol. The molecule has 6 heteroatoms. The molecule has 6 nitrogen and oxygen atoms in total. The number of hydrogen-bond acceptors (Lipinski definition) is 5. The minimum atomic E-state index is -0.487. The van der Waals surface area contributed by atoms with Crippen LogP contribution in [0, 0.1) is 34.6 Å². The van der Waals surface area contributed by atoms with Gasteiger partial charge in [0.15, 0.2) is 18.1 Å². The molecule has 0 unspecified atom stereocenters. The third kappa shape index (κ3) is 3.81. The van der Waals surface area contributed by atoms with Gasteiger partial charge in [-0.2, -0.15) is 0 Å². The van der Waals surface area contributed by atoms with E-state index in [0.29, 0.717) is 36.0 Å². The van der Waals surface area contributed by atoms with Crippen molar-refractivity contribution in [2.45, 2.75) is 34.6 Å². The Labute approximate surface area is 164 Å². The highest BCUT2D eigenvalue weighted by atomic mass is 16.6. The van der Waals surface area contributed by atoms with E-state index >= 15 is 0 Å². The van der Waals surface area contributed by atoms with Gasteiger partial charge in [0.25, 0.3) is 5.91 Å². The van der Waals surface area contributed by atoms with Gasteiger partial charge < -0.3 is 19.5 Å². The highest BCUT2D eigenvalue weighted by Crippen LogP contribution is 2.32. The lowest BCUT2D eigenvalue weighted by Crippen LogP contribution is -2.22. The fourth-order valence-corrected chi connectivity index (χ4v) is 3.33. The number of amides is 1. The Bertz CT molecular complexity index is 919. The fourth-order valence-electron chi connectivity index (χ4n) is 3.33. The summed E-state index contributed by atoms with van der Waals surface area (Å²) >= 11 is 0. The topological polar surface area (TPSA) is 73.9 Å². The molecule has 0 spiro atoms. The summed E-state index contributed by atoms with van der Waals surface area (Å²) in [5, 5.41) is 2.71. The third-order valence-corrected chi connectivity index (χ3v) is 5.36. The SMILES string of the molecule is Cc1c(C)c(C)c(C(=O)OCC(=O)Nc2ccc3c(c2)OCCO3)c(C)c1C. The highest BCUT2D eigenvalue weighted by Gasteiger charge is 2.20. The van der Waals surface area contributed by atoms with Gasteiger partial charge in [0, 0.05) is 11.8 Å². The summed E-state index contributed by atoms with van der Waals surface area (Å²) in [4.78, 5) is 24.8. The summed E-state index contributed by atoms with van der Waals surface area (Å²) in [6, 6.07) is 5.14. The molecule has 1 aliphatic heterocycles. The zero-order chi connectivity index (χ0) is 20.4. The molecule has 3 rings (SSSR count). The number of esters is 1. The second kappa shape index (κ2) is 7.92. The smallest absolute Gasteiger partial charge is 0.339 e. The van der Waals surface area contributed by atoms with Crippen molar-refractivity contribution < 1.29 is 23.8 Å². The molecule has 0 radical (unpaired) electrons. The average Bonchev–Trinajstić information content (AvgIpc) is 2.69. The first-order valence-corrected chi connectivity index (χ1v) is 9.23. The molecule has 2 aromatic rings. The van der Waals surface area contributed by atoms with Crippen molar-refractivity contribution in [3.05, 3.63) is 51.6 Å². The third-order valence-electron chi connectivity index (χ3n) is 5.36. The number of benzene rings is 2. The van der Waals surface area contributed by atoms with E-state index in [-0.39, 0.29) is 6.61 Å². The van der Waals surface area contributed by atoms with Gasteiger partial charge in [0.05, 0.1) is 5.56 Å². The van der Waals surface area contributed by atoms with Gasteiger partial charge in [-0.05, 0) is 74.6 Å². The maximum absolute atomic E-state index is 12.6. The van der Waals surface area contributed by atoms with Gasteiger partial charge in [-0.25, -0.2) is 4.79 Å². The lowest BCUT2D eigenvalue weighted by molar-refractivity contribution is -0.119. The molecule has 0 bridgehead atoms. The lowest BCUT2D eigenvalue weighted by Gasteiger charge is -2.19. The molecule has 2 aromatic carbocycles. The largest absolute Gasteiger partial charge is 0.486 e. The summed E-state index contributed by atoms with van der Waals surface area (Å²) in [7, 11) is 0. The normalized spacial score (nSPS) is 12.5. The first-order valence-electron chi connectivity index (χ1n) is 9.23. The molecule has 0 aliphatic carbocycles. The quantitative estimate of drug-likeness (QED) is 0.813. The number of rotatable bonds is 4. The molecule has 148 valence electrons. The van der Waals surface area contributed by atoms with E-state index in [2.05, 4.69) is 5.32 Å². The van der Waals surface area contributed by atoms with Crippen molar-refractivity contribution in [1.29, 1.82) is 0 Å². The number of nitrogens with one attached hydrogen (secondary N) is 1. The van der Waals surface area contributed by atoms with Crippen LogP contribution in [0.5, 0.6) is 11.5 Å². The minimum absolute atomic E-state index is 0.363. The van der Waals surface area contributed by atoms with Crippen molar-refractivity contribution in [1.82, 2.24) is 0 Å². The van der Waals surface area contributed by atoms with Crippen LogP contribution in [0.25, 0.3) is 0 Å². The van der Waals surface area contributed by atoms with Gasteiger partial charge >= 0.3 is 5.97 Å². The molecule has 1 amide bonds. The van der Waals surface area contributed by atoms with Crippen molar-refractivity contribution in [3.63, 3.8) is 0 Å². The van der Waals surface area contributed by atoms with E-state index in [1.807, 2.05) is 34.6 Å². The van der Waals surface area contributed by atoms with Crippen molar-refractivity contribution in [2.24, 2.45) is 0 Å². The zero-order valence-corrected chi connectivity index (χ0v) is 16.9. The second-order valence-electron chi connectivity index (χ2n) is 6.98. The van der Waals surface area contributed by atoms with E-state index in [4.69, 9.17) is 14.2 Å². The lowest BCUT2D eigenvalue weighted by atomic mass is 9.90. The zero-order valence-electron chi connectivity index (χ0n) is 16.9. The van der Waals surface area contributed by atoms with Crippen LogP contribution in [0.4, 0.5) is 5.69 Å². The van der Waals surface area contributed by atoms with Crippen LogP contribution in [0.15, 0.2) is 18.2 Å². The Morgan fingerprint density at radius 1 is 0.893 bits per heavy atom. The van der Waals surface area contributed by atoms with Crippen molar-refractivity contribution in [3.8, 4) is 11.5 Å². The number of anilines is 1. The summed E-state index contributed by atoms with van der Waals surface area (Å²) < 4.78 is 16.2. The van der Waals surface area contributed by atoms with E-state index in [0.717, 1.165) is 22.3 Å². The van der Waals surface area contributed by atoms with Crippen LogP contribution in [0.2, 0.25) is 0 Å². The first kappa shape index (κ1) is 19.7.